The first kappa shape index (κ1) is 21.0. The van der Waals surface area contributed by atoms with E-state index in [1.807, 2.05) is 5.38 Å². The second kappa shape index (κ2) is 9.60. The summed E-state index contributed by atoms with van der Waals surface area (Å²) in [5, 5.41) is 9.02. The first-order valence-corrected chi connectivity index (χ1v) is 10.5. The minimum atomic E-state index is -3.72. The van der Waals surface area contributed by atoms with Crippen molar-refractivity contribution in [3.05, 3.63) is 46.7 Å². The van der Waals surface area contributed by atoms with E-state index < -0.39 is 10.0 Å². The summed E-state index contributed by atoms with van der Waals surface area (Å²) >= 11 is 1.45. The highest BCUT2D eigenvalue weighted by atomic mass is 32.2. The summed E-state index contributed by atoms with van der Waals surface area (Å²) in [5.41, 5.74) is 1.10. The molecule has 2 aromatic rings. The number of hydroxylamine groups is 1. The normalized spacial score (nSPS) is 11.4. The van der Waals surface area contributed by atoms with Gasteiger partial charge in [-0.15, -0.1) is 0 Å². The molecule has 1 heterocycles. The SMILES string of the molecule is CON(C)S(=O)(=O)c1ccc(NC(=O)CCCNC(=O)c2ccsc2)cc1. The first-order valence-electron chi connectivity index (χ1n) is 8.08. The maximum absolute atomic E-state index is 12.1. The van der Waals surface area contributed by atoms with Gasteiger partial charge in [-0.1, -0.05) is 4.47 Å². The largest absolute Gasteiger partial charge is 0.352 e. The van der Waals surface area contributed by atoms with E-state index in [2.05, 4.69) is 10.6 Å². The second-order valence-electron chi connectivity index (χ2n) is 5.54. The van der Waals surface area contributed by atoms with Crippen LogP contribution in [-0.4, -0.2) is 45.4 Å². The summed E-state index contributed by atoms with van der Waals surface area (Å²) in [5.74, 6) is -0.376. The van der Waals surface area contributed by atoms with Crippen molar-refractivity contribution in [1.82, 2.24) is 9.79 Å². The standard InChI is InChI=1S/C17H21N3O5S2/c1-20(25-2)27(23,24)15-7-5-14(6-8-15)19-16(21)4-3-10-18-17(22)13-9-11-26-12-13/h5-9,11-12H,3-4,10H2,1-2H3,(H,18,22)(H,19,21). The Balaban J connectivity index is 1.78. The molecule has 1 aromatic carbocycles. The van der Waals surface area contributed by atoms with Crippen LogP contribution in [0.5, 0.6) is 0 Å². The Labute approximate surface area is 162 Å². The molecule has 0 spiro atoms. The maximum atomic E-state index is 12.1. The molecule has 0 unspecified atom stereocenters. The number of amides is 2. The maximum Gasteiger partial charge on any atom is 0.264 e. The molecule has 0 fully saturated rings. The molecule has 2 rings (SSSR count). The van der Waals surface area contributed by atoms with Crippen LogP contribution >= 0.6 is 11.3 Å². The van der Waals surface area contributed by atoms with Crippen molar-refractivity contribution in [2.24, 2.45) is 0 Å². The van der Waals surface area contributed by atoms with Gasteiger partial charge >= 0.3 is 0 Å². The highest BCUT2D eigenvalue weighted by Crippen LogP contribution is 2.17. The molecule has 0 bridgehead atoms. The summed E-state index contributed by atoms with van der Waals surface area (Å²) in [6, 6.07) is 7.53. The quantitative estimate of drug-likeness (QED) is 0.486. The van der Waals surface area contributed by atoms with Crippen LogP contribution in [0, 0.1) is 0 Å². The predicted octanol–water partition coefficient (Wildman–Crippen LogP) is 2.08. The Morgan fingerprint density at radius 2 is 1.89 bits per heavy atom. The number of hydrogen-bond donors (Lipinski definition) is 2. The number of rotatable bonds is 9. The van der Waals surface area contributed by atoms with Gasteiger partial charge in [0.15, 0.2) is 0 Å². The number of thiophene rings is 1. The van der Waals surface area contributed by atoms with E-state index in [0.717, 1.165) is 4.47 Å². The second-order valence-corrected chi connectivity index (χ2v) is 8.26. The fourth-order valence-corrected chi connectivity index (χ4v) is 3.74. The average molecular weight is 412 g/mol. The Morgan fingerprint density at radius 3 is 2.48 bits per heavy atom. The molecule has 0 atom stereocenters. The molecule has 0 aliphatic heterocycles. The minimum absolute atomic E-state index is 0.0565. The highest BCUT2D eigenvalue weighted by molar-refractivity contribution is 7.89. The van der Waals surface area contributed by atoms with Crippen LogP contribution < -0.4 is 10.6 Å². The van der Waals surface area contributed by atoms with Crippen LogP contribution in [0.1, 0.15) is 23.2 Å². The third kappa shape index (κ3) is 5.86. The van der Waals surface area contributed by atoms with Crippen molar-refractivity contribution in [3.8, 4) is 0 Å². The summed E-state index contributed by atoms with van der Waals surface area (Å²) < 4.78 is 24.9. The van der Waals surface area contributed by atoms with Crippen LogP contribution in [0.2, 0.25) is 0 Å². The average Bonchev–Trinajstić information content (AvgIpc) is 3.19. The van der Waals surface area contributed by atoms with Crippen molar-refractivity contribution in [2.45, 2.75) is 17.7 Å². The summed E-state index contributed by atoms with van der Waals surface area (Å²) in [6.45, 7) is 0.392. The van der Waals surface area contributed by atoms with Gasteiger partial charge in [0.25, 0.3) is 15.9 Å². The third-order valence-corrected chi connectivity index (χ3v) is 6.06. The zero-order chi connectivity index (χ0) is 19.9. The van der Waals surface area contributed by atoms with Gasteiger partial charge < -0.3 is 10.6 Å². The number of anilines is 1. The monoisotopic (exact) mass is 411 g/mol. The molecular weight excluding hydrogens is 390 g/mol. The molecule has 0 radical (unpaired) electrons. The third-order valence-electron chi connectivity index (χ3n) is 3.68. The zero-order valence-electron chi connectivity index (χ0n) is 15.0. The molecule has 27 heavy (non-hydrogen) atoms. The Bertz CT molecular complexity index is 864. The molecule has 0 saturated carbocycles. The van der Waals surface area contributed by atoms with Crippen LogP contribution in [-0.2, 0) is 19.7 Å². The van der Waals surface area contributed by atoms with Crippen molar-refractivity contribution in [1.29, 1.82) is 0 Å². The molecule has 0 saturated heterocycles. The van der Waals surface area contributed by atoms with E-state index >= 15 is 0 Å². The Hall–Kier alpha value is -2.27. The van der Waals surface area contributed by atoms with Gasteiger partial charge in [0.05, 0.1) is 12.0 Å². The van der Waals surface area contributed by atoms with Crippen molar-refractivity contribution < 1.29 is 22.8 Å². The minimum Gasteiger partial charge on any atom is -0.352 e. The van der Waals surface area contributed by atoms with Gasteiger partial charge in [-0.2, -0.15) is 11.3 Å². The van der Waals surface area contributed by atoms with E-state index in [4.69, 9.17) is 4.84 Å². The fraction of sp³-hybridized carbons (Fsp3) is 0.294. The molecule has 10 heteroatoms. The Morgan fingerprint density at radius 1 is 1.19 bits per heavy atom. The zero-order valence-corrected chi connectivity index (χ0v) is 16.6. The van der Waals surface area contributed by atoms with Gasteiger partial charge in [0.2, 0.25) is 5.91 Å². The number of nitrogens with zero attached hydrogens (tertiary/aromatic N) is 1. The van der Waals surface area contributed by atoms with Crippen LogP contribution in [0.25, 0.3) is 0 Å². The van der Waals surface area contributed by atoms with E-state index in [1.54, 1.807) is 11.4 Å². The molecule has 2 N–H and O–H groups in total. The van der Waals surface area contributed by atoms with Gasteiger partial charge in [-0.05, 0) is 42.1 Å². The number of sulfonamides is 1. The van der Waals surface area contributed by atoms with Gasteiger partial charge in [-0.3, -0.25) is 14.4 Å². The summed E-state index contributed by atoms with van der Waals surface area (Å²) in [4.78, 5) is 28.5. The number of hydrogen-bond acceptors (Lipinski definition) is 6. The molecule has 0 aliphatic rings. The number of benzene rings is 1. The smallest absolute Gasteiger partial charge is 0.264 e. The molecule has 2 amide bonds. The summed E-state index contributed by atoms with van der Waals surface area (Å²) in [7, 11) is -1.17. The van der Waals surface area contributed by atoms with Gasteiger partial charge in [-0.25, -0.2) is 8.42 Å². The highest BCUT2D eigenvalue weighted by Gasteiger charge is 2.20. The van der Waals surface area contributed by atoms with E-state index in [9.17, 15) is 18.0 Å². The number of nitrogens with one attached hydrogen (secondary N) is 2. The van der Waals surface area contributed by atoms with E-state index in [-0.39, 0.29) is 23.1 Å². The number of carbonyl (C=O) groups excluding carboxylic acids is 2. The molecular formula is C17H21N3O5S2. The van der Waals surface area contributed by atoms with Crippen molar-refractivity contribution in [2.75, 3.05) is 26.0 Å². The lowest BCUT2D eigenvalue weighted by Gasteiger charge is -2.14. The lowest BCUT2D eigenvalue weighted by Crippen LogP contribution is -2.25. The first-order chi connectivity index (χ1) is 12.8. The van der Waals surface area contributed by atoms with Crippen LogP contribution in [0.3, 0.4) is 0 Å². The van der Waals surface area contributed by atoms with Gasteiger partial charge in [0.1, 0.15) is 0 Å². The van der Waals surface area contributed by atoms with Crippen molar-refractivity contribution >= 4 is 38.9 Å². The van der Waals surface area contributed by atoms with Crippen molar-refractivity contribution in [3.63, 3.8) is 0 Å². The molecule has 1 aromatic heterocycles. The topological polar surface area (TPSA) is 105 Å². The lowest BCUT2D eigenvalue weighted by atomic mass is 10.2. The molecule has 146 valence electrons. The Kier molecular flexibility index (Phi) is 7.48. The summed E-state index contributed by atoms with van der Waals surface area (Å²) in [6.07, 6.45) is 0.725. The van der Waals surface area contributed by atoms with E-state index in [0.29, 0.717) is 24.2 Å². The lowest BCUT2D eigenvalue weighted by molar-refractivity contribution is -0.116. The van der Waals surface area contributed by atoms with Crippen LogP contribution in [0.4, 0.5) is 5.69 Å². The fourth-order valence-electron chi connectivity index (χ4n) is 2.13. The van der Waals surface area contributed by atoms with E-state index in [1.165, 1.54) is 49.8 Å². The van der Waals surface area contributed by atoms with Crippen LogP contribution in [0.15, 0.2) is 46.0 Å². The molecule has 8 nitrogen and oxygen atoms in total. The van der Waals surface area contributed by atoms with Gasteiger partial charge in [0, 0.05) is 36.6 Å². The number of carbonyl (C=O) groups is 2. The predicted molar refractivity (Wildman–Crippen MR) is 103 cm³/mol. The molecule has 0 aliphatic carbocycles.